The molecule has 0 aromatic heterocycles. The zero-order chi connectivity index (χ0) is 12.7. The van der Waals surface area contributed by atoms with Crippen molar-refractivity contribution in [3.8, 4) is 0 Å². The lowest BCUT2D eigenvalue weighted by molar-refractivity contribution is -0.140. The van der Waals surface area contributed by atoms with Crippen LogP contribution in [-0.4, -0.2) is 0 Å². The number of alkyl halides is 6. The van der Waals surface area contributed by atoms with Gasteiger partial charge < -0.3 is 5.73 Å². The Bertz CT molecular complexity index is 368. The Hall–Kier alpha value is -1.11. The largest absolute Gasteiger partial charge is 0.418 e. The fourth-order valence-electron chi connectivity index (χ4n) is 1.05. The summed E-state index contributed by atoms with van der Waals surface area (Å²) in [7, 11) is 0. The van der Waals surface area contributed by atoms with Crippen molar-refractivity contribution < 1.29 is 26.3 Å². The number of anilines is 1. The summed E-state index contributed by atoms with van der Waals surface area (Å²) in [5.41, 5.74) is 1.11. The molecule has 8 heteroatoms. The minimum atomic E-state index is -4.84. The summed E-state index contributed by atoms with van der Waals surface area (Å²) in [5, 5.41) is -1.03. The van der Waals surface area contributed by atoms with Gasteiger partial charge in [-0.3, -0.25) is 0 Å². The van der Waals surface area contributed by atoms with Gasteiger partial charge in [-0.25, -0.2) is 0 Å². The van der Waals surface area contributed by atoms with E-state index in [4.69, 9.17) is 17.3 Å². The molecule has 1 rings (SSSR count). The second kappa shape index (κ2) is 3.73. The van der Waals surface area contributed by atoms with E-state index in [2.05, 4.69) is 0 Å². The molecule has 0 radical (unpaired) electrons. The highest BCUT2D eigenvalue weighted by Crippen LogP contribution is 2.41. The first-order valence-corrected chi connectivity index (χ1v) is 4.14. The molecule has 2 N–H and O–H groups in total. The maximum Gasteiger partial charge on any atom is 0.418 e. The van der Waals surface area contributed by atoms with Crippen LogP contribution in [0.3, 0.4) is 0 Å². The normalized spacial score (nSPS) is 12.9. The SMILES string of the molecule is Nc1cc(C(F)(F)F)c(Cl)cc1C(F)(F)F. The van der Waals surface area contributed by atoms with Gasteiger partial charge in [0.15, 0.2) is 0 Å². The third-order valence-corrected chi connectivity index (χ3v) is 2.06. The third kappa shape index (κ3) is 2.52. The second-order valence-corrected chi connectivity index (χ2v) is 3.32. The van der Waals surface area contributed by atoms with Crippen LogP contribution < -0.4 is 5.73 Å². The van der Waals surface area contributed by atoms with Gasteiger partial charge in [-0.2, -0.15) is 26.3 Å². The Balaban J connectivity index is 3.40. The summed E-state index contributed by atoms with van der Waals surface area (Å²) in [6.07, 6.45) is -9.67. The van der Waals surface area contributed by atoms with Crippen molar-refractivity contribution in [2.75, 3.05) is 5.73 Å². The summed E-state index contributed by atoms with van der Waals surface area (Å²) in [6.45, 7) is 0. The van der Waals surface area contributed by atoms with Gasteiger partial charge in [0.25, 0.3) is 0 Å². The molecular formula is C8H4ClF6N. The average molecular weight is 264 g/mol. The molecule has 0 saturated carbocycles. The quantitative estimate of drug-likeness (QED) is 0.556. The Morgan fingerprint density at radius 1 is 0.875 bits per heavy atom. The van der Waals surface area contributed by atoms with Crippen LogP contribution in [0.4, 0.5) is 32.0 Å². The number of benzene rings is 1. The van der Waals surface area contributed by atoms with Crippen molar-refractivity contribution >= 4 is 17.3 Å². The smallest absolute Gasteiger partial charge is 0.398 e. The number of halogens is 7. The molecule has 0 amide bonds. The van der Waals surface area contributed by atoms with Crippen LogP contribution in [0, 0.1) is 0 Å². The zero-order valence-electron chi connectivity index (χ0n) is 7.38. The minimum absolute atomic E-state index is 0.166. The Morgan fingerprint density at radius 2 is 1.31 bits per heavy atom. The highest BCUT2D eigenvalue weighted by atomic mass is 35.5. The molecule has 0 saturated heterocycles. The summed E-state index contributed by atoms with van der Waals surface area (Å²) < 4.78 is 73.4. The minimum Gasteiger partial charge on any atom is -0.398 e. The van der Waals surface area contributed by atoms with E-state index in [1.807, 2.05) is 0 Å². The first-order valence-electron chi connectivity index (χ1n) is 3.77. The van der Waals surface area contributed by atoms with E-state index in [1.54, 1.807) is 0 Å². The van der Waals surface area contributed by atoms with Gasteiger partial charge in [0, 0.05) is 5.69 Å². The molecule has 1 nitrogen and oxygen atoms in total. The highest BCUT2D eigenvalue weighted by Gasteiger charge is 2.38. The summed E-state index contributed by atoms with van der Waals surface area (Å²) in [6, 6.07) is 0.338. The zero-order valence-corrected chi connectivity index (χ0v) is 8.13. The predicted octanol–water partition coefficient (Wildman–Crippen LogP) is 3.96. The maximum absolute atomic E-state index is 12.2. The topological polar surface area (TPSA) is 26.0 Å². The van der Waals surface area contributed by atoms with Gasteiger partial charge in [0.1, 0.15) is 0 Å². The van der Waals surface area contributed by atoms with E-state index in [-0.39, 0.29) is 12.1 Å². The molecule has 90 valence electrons. The molecule has 0 fully saturated rings. The molecule has 1 aromatic carbocycles. The van der Waals surface area contributed by atoms with Gasteiger partial charge in [-0.15, -0.1) is 0 Å². The lowest BCUT2D eigenvalue weighted by Gasteiger charge is -2.14. The predicted molar refractivity (Wildman–Crippen MR) is 45.9 cm³/mol. The molecule has 0 aliphatic carbocycles. The molecule has 0 heterocycles. The first kappa shape index (κ1) is 13.0. The molecule has 16 heavy (non-hydrogen) atoms. The molecule has 0 spiro atoms. The van der Waals surface area contributed by atoms with Gasteiger partial charge in [-0.05, 0) is 12.1 Å². The molecule has 0 aliphatic rings. The van der Waals surface area contributed by atoms with E-state index in [1.165, 1.54) is 0 Å². The Morgan fingerprint density at radius 3 is 1.69 bits per heavy atom. The van der Waals surface area contributed by atoms with Crippen molar-refractivity contribution in [3.05, 3.63) is 28.3 Å². The van der Waals surface area contributed by atoms with Crippen LogP contribution in [0.1, 0.15) is 11.1 Å². The van der Waals surface area contributed by atoms with Crippen LogP contribution in [0.5, 0.6) is 0 Å². The van der Waals surface area contributed by atoms with Crippen LogP contribution >= 0.6 is 11.6 Å². The molecular weight excluding hydrogens is 260 g/mol. The first-order chi connectivity index (χ1) is 7.03. The van der Waals surface area contributed by atoms with Crippen molar-refractivity contribution in [2.45, 2.75) is 12.4 Å². The van der Waals surface area contributed by atoms with E-state index in [0.29, 0.717) is 0 Å². The fourth-order valence-corrected chi connectivity index (χ4v) is 1.32. The molecule has 0 bridgehead atoms. The van der Waals surface area contributed by atoms with E-state index < -0.39 is 34.2 Å². The van der Waals surface area contributed by atoms with Crippen molar-refractivity contribution in [3.63, 3.8) is 0 Å². The van der Waals surface area contributed by atoms with Crippen LogP contribution in [0.15, 0.2) is 12.1 Å². The number of nitrogen functional groups attached to an aromatic ring is 1. The third-order valence-electron chi connectivity index (χ3n) is 1.75. The van der Waals surface area contributed by atoms with E-state index >= 15 is 0 Å². The molecule has 1 aromatic rings. The monoisotopic (exact) mass is 263 g/mol. The number of hydrogen-bond acceptors (Lipinski definition) is 1. The van der Waals surface area contributed by atoms with Crippen molar-refractivity contribution in [2.24, 2.45) is 0 Å². The fraction of sp³-hybridized carbons (Fsp3) is 0.250. The van der Waals surface area contributed by atoms with Crippen molar-refractivity contribution in [1.82, 2.24) is 0 Å². The van der Waals surface area contributed by atoms with E-state index in [9.17, 15) is 26.3 Å². The summed E-state index contributed by atoms with van der Waals surface area (Å²) in [4.78, 5) is 0. The lowest BCUT2D eigenvalue weighted by atomic mass is 10.1. The van der Waals surface area contributed by atoms with E-state index in [0.717, 1.165) is 0 Å². The van der Waals surface area contributed by atoms with Crippen LogP contribution in [0.2, 0.25) is 5.02 Å². The molecule has 0 aliphatic heterocycles. The van der Waals surface area contributed by atoms with Crippen LogP contribution in [-0.2, 0) is 12.4 Å². The maximum atomic E-state index is 12.2. The van der Waals surface area contributed by atoms with Gasteiger partial charge in [-0.1, -0.05) is 11.6 Å². The van der Waals surface area contributed by atoms with Gasteiger partial charge in [0.2, 0.25) is 0 Å². The summed E-state index contributed by atoms with van der Waals surface area (Å²) in [5.74, 6) is 0. The average Bonchev–Trinajstić information content (AvgIpc) is 2.04. The highest BCUT2D eigenvalue weighted by molar-refractivity contribution is 6.31. The number of nitrogens with two attached hydrogens (primary N) is 1. The number of hydrogen-bond donors (Lipinski definition) is 1. The standard InChI is InChI=1S/C8H4ClF6N/c9-5-1-4(8(13,14)15)6(16)2-3(5)7(10,11)12/h1-2H,16H2. The van der Waals surface area contributed by atoms with Crippen LogP contribution in [0.25, 0.3) is 0 Å². The molecule has 0 unspecified atom stereocenters. The summed E-state index contributed by atoms with van der Waals surface area (Å²) >= 11 is 5.12. The lowest BCUT2D eigenvalue weighted by Crippen LogP contribution is -2.13. The van der Waals surface area contributed by atoms with Gasteiger partial charge in [0.05, 0.1) is 16.1 Å². The van der Waals surface area contributed by atoms with Crippen molar-refractivity contribution in [1.29, 1.82) is 0 Å². The Labute approximate surface area is 90.8 Å². The Kier molecular flexibility index (Phi) is 3.02. The molecule has 0 atom stereocenters. The second-order valence-electron chi connectivity index (χ2n) is 2.91. The van der Waals surface area contributed by atoms with Gasteiger partial charge >= 0.3 is 12.4 Å². The number of rotatable bonds is 0.